The van der Waals surface area contributed by atoms with Gasteiger partial charge >= 0.3 is 0 Å². The lowest BCUT2D eigenvalue weighted by atomic mass is 10.1. The van der Waals surface area contributed by atoms with Crippen LogP contribution in [-0.2, 0) is 0 Å². The zero-order chi connectivity index (χ0) is 21.7. The molecule has 0 radical (unpaired) electrons. The number of nitrogens with one attached hydrogen (secondary N) is 1. The zero-order valence-corrected chi connectivity index (χ0v) is 18.2. The fraction of sp³-hybridized carbons (Fsp3) is 0.391. The molecule has 0 unspecified atom stereocenters. The van der Waals surface area contributed by atoms with E-state index in [0.717, 1.165) is 12.8 Å². The predicted molar refractivity (Wildman–Crippen MR) is 117 cm³/mol. The first-order valence-electron chi connectivity index (χ1n) is 10.1. The molecule has 0 saturated carbocycles. The molecule has 6 nitrogen and oxygen atoms in total. The van der Waals surface area contributed by atoms with E-state index in [-0.39, 0.29) is 23.9 Å². The quantitative estimate of drug-likeness (QED) is 0.715. The second-order valence-corrected chi connectivity index (χ2v) is 8.04. The molecule has 0 aliphatic carbocycles. The lowest BCUT2D eigenvalue weighted by Gasteiger charge is -2.25. The molecular formula is C23H27ClN2O4. The predicted octanol–water partition coefficient (Wildman–Crippen LogP) is 4.17. The van der Waals surface area contributed by atoms with Gasteiger partial charge < -0.3 is 19.7 Å². The highest BCUT2D eigenvalue weighted by Gasteiger charge is 2.31. The van der Waals surface area contributed by atoms with E-state index in [9.17, 15) is 9.59 Å². The molecule has 30 heavy (non-hydrogen) atoms. The van der Waals surface area contributed by atoms with Crippen molar-refractivity contribution in [1.82, 2.24) is 10.2 Å². The molecule has 0 aromatic heterocycles. The van der Waals surface area contributed by atoms with Crippen molar-refractivity contribution < 1.29 is 19.1 Å². The van der Waals surface area contributed by atoms with Crippen molar-refractivity contribution in [2.24, 2.45) is 0 Å². The standard InChI is InChI=1S/C23H27ClN2O4/c1-15(2)25-22(27)16-6-9-19(10-7-16)30-14-18-5-4-12-26(18)23(28)20-11-8-17(24)13-21(20)29-3/h6-11,13,15,18H,4-5,12,14H2,1-3H3,(H,25,27)/t18-/m1/s1. The topological polar surface area (TPSA) is 67.9 Å². The molecule has 2 aromatic carbocycles. The highest BCUT2D eigenvalue weighted by molar-refractivity contribution is 6.30. The average Bonchev–Trinajstić information content (AvgIpc) is 3.20. The third kappa shape index (κ3) is 5.25. The Bertz CT molecular complexity index is 899. The van der Waals surface area contributed by atoms with Gasteiger partial charge in [-0.2, -0.15) is 0 Å². The van der Waals surface area contributed by atoms with Gasteiger partial charge in [0.2, 0.25) is 0 Å². The third-order valence-corrected chi connectivity index (χ3v) is 5.25. The van der Waals surface area contributed by atoms with Crippen LogP contribution in [0.25, 0.3) is 0 Å². The molecule has 1 saturated heterocycles. The van der Waals surface area contributed by atoms with Crippen molar-refractivity contribution in [3.8, 4) is 11.5 Å². The zero-order valence-electron chi connectivity index (χ0n) is 17.5. The van der Waals surface area contributed by atoms with E-state index in [0.29, 0.717) is 40.8 Å². The molecule has 160 valence electrons. The third-order valence-electron chi connectivity index (χ3n) is 5.01. The summed E-state index contributed by atoms with van der Waals surface area (Å²) >= 11 is 6.01. The Kier molecular flexibility index (Phi) is 7.21. The van der Waals surface area contributed by atoms with Gasteiger partial charge in [-0.05, 0) is 69.2 Å². The molecule has 1 aliphatic heterocycles. The van der Waals surface area contributed by atoms with Gasteiger partial charge in [-0.1, -0.05) is 11.6 Å². The van der Waals surface area contributed by atoms with Gasteiger partial charge in [0.1, 0.15) is 18.1 Å². The Hall–Kier alpha value is -2.73. The van der Waals surface area contributed by atoms with Gasteiger partial charge in [-0.3, -0.25) is 9.59 Å². The van der Waals surface area contributed by atoms with E-state index >= 15 is 0 Å². The number of likely N-dealkylation sites (tertiary alicyclic amines) is 1. The van der Waals surface area contributed by atoms with Gasteiger partial charge in [0.05, 0.1) is 18.7 Å². The highest BCUT2D eigenvalue weighted by Crippen LogP contribution is 2.28. The maximum atomic E-state index is 13.1. The van der Waals surface area contributed by atoms with Crippen LogP contribution in [-0.4, -0.2) is 49.1 Å². The number of carbonyl (C=O) groups is 2. The van der Waals surface area contributed by atoms with Gasteiger partial charge in [0, 0.05) is 23.2 Å². The molecular weight excluding hydrogens is 404 g/mol. The maximum Gasteiger partial charge on any atom is 0.257 e. The summed E-state index contributed by atoms with van der Waals surface area (Å²) in [6.07, 6.45) is 1.79. The number of carbonyl (C=O) groups excluding carboxylic acids is 2. The van der Waals surface area contributed by atoms with Crippen LogP contribution in [0.3, 0.4) is 0 Å². The van der Waals surface area contributed by atoms with Crippen LogP contribution in [0.15, 0.2) is 42.5 Å². The summed E-state index contributed by atoms with van der Waals surface area (Å²) in [6, 6.07) is 12.1. The molecule has 3 rings (SSSR count). The van der Waals surface area contributed by atoms with Crippen molar-refractivity contribution in [1.29, 1.82) is 0 Å². The number of hydrogen-bond donors (Lipinski definition) is 1. The summed E-state index contributed by atoms with van der Waals surface area (Å²) in [5, 5.41) is 3.38. The first-order chi connectivity index (χ1) is 14.4. The van der Waals surface area contributed by atoms with Crippen LogP contribution in [0.2, 0.25) is 5.02 Å². The minimum atomic E-state index is -0.110. The van der Waals surface area contributed by atoms with Crippen LogP contribution in [0, 0.1) is 0 Å². The average molecular weight is 431 g/mol. The molecule has 2 aromatic rings. The smallest absolute Gasteiger partial charge is 0.257 e. The first kappa shape index (κ1) is 22.0. The molecule has 1 fully saturated rings. The van der Waals surface area contributed by atoms with Crippen molar-refractivity contribution in [3.05, 3.63) is 58.6 Å². The van der Waals surface area contributed by atoms with Crippen LogP contribution >= 0.6 is 11.6 Å². The van der Waals surface area contributed by atoms with Crippen molar-refractivity contribution in [2.75, 3.05) is 20.3 Å². The Morgan fingerprint density at radius 1 is 1.20 bits per heavy atom. The highest BCUT2D eigenvalue weighted by atomic mass is 35.5. The Morgan fingerprint density at radius 3 is 2.60 bits per heavy atom. The lowest BCUT2D eigenvalue weighted by molar-refractivity contribution is 0.0688. The SMILES string of the molecule is COc1cc(Cl)ccc1C(=O)N1CCC[C@@H]1COc1ccc(C(=O)NC(C)C)cc1. The number of benzene rings is 2. The number of nitrogens with zero attached hydrogens (tertiary/aromatic N) is 1. The summed E-state index contributed by atoms with van der Waals surface area (Å²) in [6.45, 7) is 4.90. The summed E-state index contributed by atoms with van der Waals surface area (Å²) in [4.78, 5) is 26.9. The largest absolute Gasteiger partial charge is 0.496 e. The van der Waals surface area contributed by atoms with Crippen LogP contribution < -0.4 is 14.8 Å². The monoisotopic (exact) mass is 430 g/mol. The molecule has 1 N–H and O–H groups in total. The van der Waals surface area contributed by atoms with Gasteiger partial charge in [-0.25, -0.2) is 0 Å². The first-order valence-corrected chi connectivity index (χ1v) is 10.4. The van der Waals surface area contributed by atoms with Gasteiger partial charge in [0.15, 0.2) is 0 Å². The van der Waals surface area contributed by atoms with E-state index < -0.39 is 0 Å². The molecule has 0 spiro atoms. The minimum absolute atomic E-state index is 0.0261. The van der Waals surface area contributed by atoms with Gasteiger partial charge in [0.25, 0.3) is 11.8 Å². The summed E-state index contributed by atoms with van der Waals surface area (Å²) in [7, 11) is 1.53. The number of ether oxygens (including phenoxy) is 2. The van der Waals surface area contributed by atoms with Crippen LogP contribution in [0.4, 0.5) is 0 Å². The number of halogens is 1. The fourth-order valence-electron chi connectivity index (χ4n) is 3.51. The number of methoxy groups -OCH3 is 1. The van der Waals surface area contributed by atoms with Crippen LogP contribution in [0.1, 0.15) is 47.4 Å². The second kappa shape index (κ2) is 9.85. The second-order valence-electron chi connectivity index (χ2n) is 7.60. The lowest BCUT2D eigenvalue weighted by Crippen LogP contribution is -2.39. The molecule has 2 amide bonds. The maximum absolute atomic E-state index is 13.1. The summed E-state index contributed by atoms with van der Waals surface area (Å²) < 4.78 is 11.2. The molecule has 0 bridgehead atoms. The molecule has 7 heteroatoms. The molecule has 1 heterocycles. The van der Waals surface area contributed by atoms with Crippen molar-refractivity contribution >= 4 is 23.4 Å². The Labute approximate surface area is 182 Å². The summed E-state index contributed by atoms with van der Waals surface area (Å²) in [5.41, 5.74) is 1.08. The molecule has 1 aliphatic rings. The van der Waals surface area contributed by atoms with E-state index in [2.05, 4.69) is 5.32 Å². The van der Waals surface area contributed by atoms with Crippen molar-refractivity contribution in [2.45, 2.75) is 38.8 Å². The Balaban J connectivity index is 1.63. The van der Waals surface area contributed by atoms with Crippen LogP contribution in [0.5, 0.6) is 11.5 Å². The minimum Gasteiger partial charge on any atom is -0.496 e. The van der Waals surface area contributed by atoms with E-state index in [1.165, 1.54) is 7.11 Å². The Morgan fingerprint density at radius 2 is 1.93 bits per heavy atom. The van der Waals surface area contributed by atoms with Gasteiger partial charge in [-0.15, -0.1) is 0 Å². The number of hydrogen-bond acceptors (Lipinski definition) is 4. The molecule has 1 atom stereocenters. The van der Waals surface area contributed by atoms with Crippen molar-refractivity contribution in [3.63, 3.8) is 0 Å². The van der Waals surface area contributed by atoms with E-state index in [1.54, 1.807) is 42.5 Å². The van der Waals surface area contributed by atoms with E-state index in [4.69, 9.17) is 21.1 Å². The fourth-order valence-corrected chi connectivity index (χ4v) is 3.68. The van der Waals surface area contributed by atoms with E-state index in [1.807, 2.05) is 18.7 Å². The number of amides is 2. The number of rotatable bonds is 7. The normalized spacial score (nSPS) is 15.9. The summed E-state index contributed by atoms with van der Waals surface area (Å²) in [5.74, 6) is 0.935.